The second-order valence-corrected chi connectivity index (χ2v) is 11.1. The third-order valence-corrected chi connectivity index (χ3v) is 9.37. The van der Waals surface area contributed by atoms with Crippen molar-refractivity contribution in [3.8, 4) is 0 Å². The average Bonchev–Trinajstić information content (AvgIpc) is 2.92. The number of rotatable bonds is 6. The van der Waals surface area contributed by atoms with E-state index in [9.17, 15) is 4.79 Å². The van der Waals surface area contributed by atoms with Gasteiger partial charge in [0.05, 0.1) is 0 Å². The van der Waals surface area contributed by atoms with Crippen molar-refractivity contribution in [2.45, 2.75) is 52.2 Å². The lowest BCUT2D eigenvalue weighted by Gasteiger charge is -2.42. The van der Waals surface area contributed by atoms with Crippen LogP contribution in [0.15, 0.2) is 0 Å². The summed E-state index contributed by atoms with van der Waals surface area (Å²) in [6.45, 7) is 14.5. The Morgan fingerprint density at radius 2 is 2.00 bits per heavy atom. The van der Waals surface area contributed by atoms with E-state index >= 15 is 0 Å². The molecule has 3 heteroatoms. The molecule has 2 nitrogen and oxygen atoms in total. The van der Waals surface area contributed by atoms with Gasteiger partial charge in [-0.05, 0) is 36.4 Å². The Bertz CT molecular complexity index is 259. The fourth-order valence-corrected chi connectivity index (χ4v) is 4.22. The molecule has 0 aromatic rings. The molecule has 16 heavy (non-hydrogen) atoms. The summed E-state index contributed by atoms with van der Waals surface area (Å²) < 4.78 is 6.19. The zero-order chi connectivity index (χ0) is 12.6. The maximum Gasteiger partial charge on any atom is 0.192 e. The molecule has 1 saturated carbocycles. The molecule has 1 fully saturated rings. The second kappa shape index (κ2) is 4.61. The summed E-state index contributed by atoms with van der Waals surface area (Å²) >= 11 is 0. The van der Waals surface area contributed by atoms with Crippen molar-refractivity contribution >= 4 is 14.6 Å². The van der Waals surface area contributed by atoms with Crippen LogP contribution in [0.2, 0.25) is 18.1 Å². The van der Waals surface area contributed by atoms with Gasteiger partial charge in [-0.15, -0.1) is 0 Å². The van der Waals surface area contributed by atoms with E-state index in [1.807, 2.05) is 0 Å². The van der Waals surface area contributed by atoms with Crippen LogP contribution in [0, 0.1) is 17.8 Å². The minimum Gasteiger partial charge on any atom is -0.417 e. The molecule has 1 rings (SSSR count). The smallest absolute Gasteiger partial charge is 0.192 e. The molecule has 0 amide bonds. The maximum atomic E-state index is 10.6. The normalized spacial score (nSPS) is 25.9. The van der Waals surface area contributed by atoms with E-state index < -0.39 is 8.32 Å². The number of carbonyl (C=O) groups is 1. The minimum atomic E-state index is -1.68. The van der Waals surface area contributed by atoms with Crippen molar-refractivity contribution in [2.75, 3.05) is 6.61 Å². The van der Waals surface area contributed by atoms with Gasteiger partial charge in [-0.2, -0.15) is 0 Å². The van der Waals surface area contributed by atoms with Crippen molar-refractivity contribution in [3.05, 3.63) is 0 Å². The summed E-state index contributed by atoms with van der Waals surface area (Å²) in [5.74, 6) is 1.43. The molecule has 94 valence electrons. The van der Waals surface area contributed by atoms with E-state index in [1.165, 1.54) is 0 Å². The zero-order valence-corrected chi connectivity index (χ0v) is 12.5. The topological polar surface area (TPSA) is 26.3 Å². The van der Waals surface area contributed by atoms with Gasteiger partial charge in [0.2, 0.25) is 0 Å². The molecular weight excluding hydrogens is 216 g/mol. The van der Waals surface area contributed by atoms with Crippen LogP contribution >= 0.6 is 0 Å². The van der Waals surface area contributed by atoms with E-state index in [0.29, 0.717) is 11.8 Å². The largest absolute Gasteiger partial charge is 0.417 e. The van der Waals surface area contributed by atoms with Crippen molar-refractivity contribution in [2.24, 2.45) is 17.8 Å². The van der Waals surface area contributed by atoms with Crippen LogP contribution in [0.5, 0.6) is 0 Å². The molecule has 0 saturated heterocycles. The maximum absolute atomic E-state index is 10.6. The number of hydrogen-bond donors (Lipinski definition) is 0. The highest BCUT2D eigenvalue weighted by Crippen LogP contribution is 2.46. The van der Waals surface area contributed by atoms with Crippen LogP contribution in [0.25, 0.3) is 0 Å². The summed E-state index contributed by atoms with van der Waals surface area (Å²) in [5, 5.41) is 0.276. The molecule has 0 N–H and O–H groups in total. The zero-order valence-electron chi connectivity index (χ0n) is 11.5. The highest BCUT2D eigenvalue weighted by atomic mass is 28.4. The highest BCUT2D eigenvalue weighted by molar-refractivity contribution is 6.74. The molecule has 0 heterocycles. The molecule has 0 bridgehead atoms. The van der Waals surface area contributed by atoms with Gasteiger partial charge in [0.1, 0.15) is 6.29 Å². The van der Waals surface area contributed by atoms with Crippen molar-refractivity contribution in [1.29, 1.82) is 0 Å². The van der Waals surface area contributed by atoms with Crippen LogP contribution < -0.4 is 0 Å². The summed E-state index contributed by atoms with van der Waals surface area (Å²) in [6.07, 6.45) is 2.12. The Morgan fingerprint density at radius 1 is 1.44 bits per heavy atom. The molecule has 1 aliphatic carbocycles. The van der Waals surface area contributed by atoms with Crippen LogP contribution in [-0.4, -0.2) is 21.2 Å². The van der Waals surface area contributed by atoms with Crippen LogP contribution in [0.1, 0.15) is 34.1 Å². The lowest BCUT2D eigenvalue weighted by atomic mass is 9.99. The number of hydrogen-bond acceptors (Lipinski definition) is 2. The Kier molecular flexibility index (Phi) is 4.01. The first-order valence-electron chi connectivity index (χ1n) is 6.31. The van der Waals surface area contributed by atoms with Gasteiger partial charge >= 0.3 is 0 Å². The number of aldehydes is 1. The van der Waals surface area contributed by atoms with Crippen molar-refractivity contribution in [3.63, 3.8) is 0 Å². The summed E-state index contributed by atoms with van der Waals surface area (Å²) in [4.78, 5) is 10.6. The first-order chi connectivity index (χ1) is 7.22. The third-order valence-electron chi connectivity index (χ3n) is 4.81. The van der Waals surface area contributed by atoms with E-state index in [1.54, 1.807) is 0 Å². The minimum absolute atomic E-state index is 0.276. The van der Waals surface area contributed by atoms with E-state index in [2.05, 4.69) is 40.8 Å². The lowest BCUT2D eigenvalue weighted by molar-refractivity contribution is -0.109. The Labute approximate surface area is 101 Å². The summed E-state index contributed by atoms with van der Waals surface area (Å²) in [7, 11) is -1.68. The first-order valence-corrected chi connectivity index (χ1v) is 9.22. The Hall–Kier alpha value is -0.153. The van der Waals surface area contributed by atoms with Gasteiger partial charge in [-0.1, -0.05) is 27.7 Å². The molecule has 0 aromatic carbocycles. The first kappa shape index (κ1) is 13.9. The average molecular weight is 242 g/mol. The van der Waals surface area contributed by atoms with Crippen LogP contribution in [0.4, 0.5) is 0 Å². The predicted molar refractivity (Wildman–Crippen MR) is 70.0 cm³/mol. The SMILES string of the molecule is CC(C)C(C)(C)[Si](C)(C)OC[C@H]1C[C@H]1C=O. The monoisotopic (exact) mass is 242 g/mol. The van der Waals surface area contributed by atoms with E-state index in [4.69, 9.17) is 4.43 Å². The van der Waals surface area contributed by atoms with Crippen LogP contribution in [0.3, 0.4) is 0 Å². The van der Waals surface area contributed by atoms with Gasteiger partial charge in [-0.3, -0.25) is 0 Å². The summed E-state index contributed by atoms with van der Waals surface area (Å²) in [6, 6.07) is 0. The van der Waals surface area contributed by atoms with Gasteiger partial charge < -0.3 is 9.22 Å². The molecule has 0 unspecified atom stereocenters. The van der Waals surface area contributed by atoms with E-state index in [-0.39, 0.29) is 11.0 Å². The summed E-state index contributed by atoms with van der Waals surface area (Å²) in [5.41, 5.74) is 0. The lowest BCUT2D eigenvalue weighted by Crippen LogP contribution is -2.45. The Morgan fingerprint density at radius 3 is 2.38 bits per heavy atom. The fourth-order valence-electron chi connectivity index (χ4n) is 1.83. The number of carbonyl (C=O) groups excluding carboxylic acids is 1. The molecule has 0 radical (unpaired) electrons. The fraction of sp³-hybridized carbons (Fsp3) is 0.923. The third kappa shape index (κ3) is 2.75. The molecule has 1 aliphatic rings. The van der Waals surface area contributed by atoms with Gasteiger partial charge in [0.15, 0.2) is 8.32 Å². The Balaban J connectivity index is 2.48. The highest BCUT2D eigenvalue weighted by Gasteiger charge is 2.45. The standard InChI is InChI=1S/C13H26O2Si/c1-10(2)13(3,4)16(5,6)15-9-12-7-11(12)8-14/h8,10-12H,7,9H2,1-6H3/t11-,12+/m0/s1. The molecule has 0 aliphatic heterocycles. The van der Waals surface area contributed by atoms with E-state index in [0.717, 1.165) is 19.3 Å². The quantitative estimate of drug-likeness (QED) is 0.526. The van der Waals surface area contributed by atoms with Gasteiger partial charge in [0, 0.05) is 12.5 Å². The van der Waals surface area contributed by atoms with Crippen molar-refractivity contribution in [1.82, 2.24) is 0 Å². The van der Waals surface area contributed by atoms with Crippen molar-refractivity contribution < 1.29 is 9.22 Å². The predicted octanol–water partition coefficient (Wildman–Crippen LogP) is 3.48. The molecule has 0 spiro atoms. The second-order valence-electron chi connectivity index (χ2n) is 6.49. The van der Waals surface area contributed by atoms with Gasteiger partial charge in [0.25, 0.3) is 0 Å². The van der Waals surface area contributed by atoms with Crippen LogP contribution in [-0.2, 0) is 9.22 Å². The molecule has 0 aromatic heterocycles. The molecular formula is C13H26O2Si. The van der Waals surface area contributed by atoms with Gasteiger partial charge in [-0.25, -0.2) is 0 Å². The molecule has 2 atom stereocenters.